The van der Waals surface area contributed by atoms with E-state index < -0.39 is 0 Å². The molecule has 1 saturated heterocycles. The topological polar surface area (TPSA) is 58.4 Å². The fourth-order valence-electron chi connectivity index (χ4n) is 3.24. The van der Waals surface area contributed by atoms with Gasteiger partial charge in [-0.05, 0) is 12.5 Å². The Morgan fingerprint density at radius 1 is 1.17 bits per heavy atom. The zero-order valence-electron chi connectivity index (χ0n) is 14.3. The number of nitrogens with zero attached hydrogens (tertiary/aromatic N) is 4. The van der Waals surface area contributed by atoms with Gasteiger partial charge in [0.05, 0.1) is 17.3 Å². The molecule has 3 rings (SSSR count). The van der Waals surface area contributed by atoms with E-state index in [1.165, 1.54) is 0 Å². The molecule has 1 aromatic heterocycles. The number of aryl methyl sites for hydroxylation is 2. The minimum Gasteiger partial charge on any atom is -0.339 e. The second kappa shape index (κ2) is 6.47. The number of rotatable bonds is 2. The van der Waals surface area contributed by atoms with Crippen molar-refractivity contribution in [3.8, 4) is 0 Å². The maximum absolute atomic E-state index is 13.1. The Bertz CT molecular complexity index is 754. The summed E-state index contributed by atoms with van der Waals surface area (Å²) < 4.78 is 1.66. The van der Waals surface area contributed by atoms with E-state index in [4.69, 9.17) is 0 Å². The highest BCUT2D eigenvalue weighted by atomic mass is 16.2. The van der Waals surface area contributed by atoms with Crippen LogP contribution in [0.25, 0.3) is 0 Å². The van der Waals surface area contributed by atoms with E-state index in [9.17, 15) is 9.59 Å². The summed E-state index contributed by atoms with van der Waals surface area (Å²) >= 11 is 0. The second-order valence-corrected chi connectivity index (χ2v) is 6.19. The predicted octanol–water partition coefficient (Wildman–Crippen LogP) is 1.77. The van der Waals surface area contributed by atoms with Crippen LogP contribution in [0.5, 0.6) is 0 Å². The van der Waals surface area contributed by atoms with E-state index in [1.54, 1.807) is 22.7 Å². The molecule has 0 spiro atoms. The van der Waals surface area contributed by atoms with E-state index >= 15 is 0 Å². The van der Waals surface area contributed by atoms with Crippen molar-refractivity contribution in [2.75, 3.05) is 19.6 Å². The van der Waals surface area contributed by atoms with Crippen LogP contribution in [-0.4, -0.2) is 51.0 Å². The minimum atomic E-state index is -0.143. The van der Waals surface area contributed by atoms with Crippen LogP contribution in [0.1, 0.15) is 34.6 Å². The Morgan fingerprint density at radius 3 is 2.46 bits per heavy atom. The molecule has 1 unspecified atom stereocenters. The highest BCUT2D eigenvalue weighted by Gasteiger charge is 2.34. The first-order valence-corrected chi connectivity index (χ1v) is 8.09. The average Bonchev–Trinajstić information content (AvgIpc) is 2.92. The zero-order chi connectivity index (χ0) is 17.3. The molecule has 0 bridgehead atoms. The van der Waals surface area contributed by atoms with Gasteiger partial charge in [0, 0.05) is 39.8 Å². The first-order chi connectivity index (χ1) is 11.5. The van der Waals surface area contributed by atoms with Crippen LogP contribution in [-0.2, 0) is 11.8 Å². The normalized spacial score (nSPS) is 17.9. The smallest absolute Gasteiger partial charge is 0.257 e. The van der Waals surface area contributed by atoms with Gasteiger partial charge in [0.15, 0.2) is 0 Å². The van der Waals surface area contributed by atoms with E-state index in [-0.39, 0.29) is 17.9 Å². The monoisotopic (exact) mass is 326 g/mol. The molecule has 0 radical (unpaired) electrons. The quantitative estimate of drug-likeness (QED) is 0.845. The molecular formula is C18H22N4O2. The van der Waals surface area contributed by atoms with Gasteiger partial charge < -0.3 is 9.80 Å². The van der Waals surface area contributed by atoms with E-state index in [0.717, 1.165) is 11.3 Å². The molecule has 2 heterocycles. The van der Waals surface area contributed by atoms with Crippen molar-refractivity contribution in [1.82, 2.24) is 19.6 Å². The van der Waals surface area contributed by atoms with Crippen LogP contribution in [0.3, 0.4) is 0 Å². The number of carbonyl (C=O) groups is 2. The molecule has 6 heteroatoms. The SMILES string of the molecule is CC(=O)N1CCN(C(=O)c2cn(C)nc2C)C(c2ccccc2)C1. The Kier molecular flexibility index (Phi) is 4.38. The molecule has 24 heavy (non-hydrogen) atoms. The Hall–Kier alpha value is -2.63. The van der Waals surface area contributed by atoms with Gasteiger partial charge in [-0.15, -0.1) is 0 Å². The summed E-state index contributed by atoms with van der Waals surface area (Å²) in [5.74, 6) is 0.0123. The molecule has 0 N–H and O–H groups in total. The lowest BCUT2D eigenvalue weighted by Gasteiger charge is -2.41. The largest absolute Gasteiger partial charge is 0.339 e. The summed E-state index contributed by atoms with van der Waals surface area (Å²) in [4.78, 5) is 28.5. The van der Waals surface area contributed by atoms with E-state index in [0.29, 0.717) is 25.2 Å². The molecule has 1 aliphatic heterocycles. The van der Waals surface area contributed by atoms with Crippen molar-refractivity contribution < 1.29 is 9.59 Å². The number of hydrogen-bond acceptors (Lipinski definition) is 3. The van der Waals surface area contributed by atoms with Gasteiger partial charge in [0.25, 0.3) is 5.91 Å². The first-order valence-electron chi connectivity index (χ1n) is 8.09. The fraction of sp³-hybridized carbons (Fsp3) is 0.389. The molecule has 1 fully saturated rings. The Labute approximate surface area is 141 Å². The van der Waals surface area contributed by atoms with Crippen LogP contribution < -0.4 is 0 Å². The van der Waals surface area contributed by atoms with E-state index in [2.05, 4.69) is 5.10 Å². The zero-order valence-corrected chi connectivity index (χ0v) is 14.3. The molecule has 0 saturated carbocycles. The van der Waals surface area contributed by atoms with Gasteiger partial charge in [0.2, 0.25) is 5.91 Å². The highest BCUT2D eigenvalue weighted by molar-refractivity contribution is 5.95. The molecule has 2 amide bonds. The molecule has 1 aromatic carbocycles. The molecule has 1 aliphatic rings. The third kappa shape index (κ3) is 3.04. The first kappa shape index (κ1) is 16.2. The fourth-order valence-corrected chi connectivity index (χ4v) is 3.24. The molecule has 6 nitrogen and oxygen atoms in total. The summed E-state index contributed by atoms with van der Waals surface area (Å²) in [5.41, 5.74) is 2.39. The standard InChI is InChI=1S/C18H22N4O2/c1-13-16(11-20(3)19-13)18(24)22-10-9-21(14(2)23)12-17(22)15-7-5-4-6-8-15/h4-8,11,17H,9-10,12H2,1-3H3. The van der Waals surface area contributed by atoms with Gasteiger partial charge in [-0.3, -0.25) is 14.3 Å². The minimum absolute atomic E-state index is 0.0299. The summed E-state index contributed by atoms with van der Waals surface area (Å²) in [7, 11) is 1.81. The van der Waals surface area contributed by atoms with Gasteiger partial charge in [0.1, 0.15) is 0 Å². The number of carbonyl (C=O) groups excluding carboxylic acids is 2. The van der Waals surface area contributed by atoms with Crippen LogP contribution in [0, 0.1) is 6.92 Å². The number of aromatic nitrogens is 2. The van der Waals surface area contributed by atoms with Crippen molar-refractivity contribution in [2.45, 2.75) is 19.9 Å². The summed E-state index contributed by atoms with van der Waals surface area (Å²) in [6, 6.07) is 9.73. The third-order valence-corrected chi connectivity index (χ3v) is 4.51. The van der Waals surface area contributed by atoms with Gasteiger partial charge in [-0.2, -0.15) is 5.10 Å². The lowest BCUT2D eigenvalue weighted by molar-refractivity contribution is -0.131. The number of piperazine rings is 1. The molecule has 126 valence electrons. The van der Waals surface area contributed by atoms with E-state index in [1.807, 2.05) is 49.2 Å². The molecule has 2 aromatic rings. The van der Waals surface area contributed by atoms with Crippen molar-refractivity contribution >= 4 is 11.8 Å². The summed E-state index contributed by atoms with van der Waals surface area (Å²) in [5, 5.41) is 4.27. The molecule has 0 aliphatic carbocycles. The number of benzene rings is 1. The molecular weight excluding hydrogens is 304 g/mol. The van der Waals surface area contributed by atoms with Crippen LogP contribution in [0.4, 0.5) is 0 Å². The Balaban J connectivity index is 1.94. The maximum atomic E-state index is 13.1. The average molecular weight is 326 g/mol. The lowest BCUT2D eigenvalue weighted by atomic mass is 10.0. The van der Waals surface area contributed by atoms with Gasteiger partial charge in [-0.1, -0.05) is 30.3 Å². The molecule has 1 atom stereocenters. The lowest BCUT2D eigenvalue weighted by Crippen LogP contribution is -2.51. The second-order valence-electron chi connectivity index (χ2n) is 6.19. The van der Waals surface area contributed by atoms with Gasteiger partial charge >= 0.3 is 0 Å². The predicted molar refractivity (Wildman–Crippen MR) is 90.4 cm³/mol. The summed E-state index contributed by atoms with van der Waals surface area (Å²) in [6.07, 6.45) is 1.76. The number of hydrogen-bond donors (Lipinski definition) is 0. The van der Waals surface area contributed by atoms with Crippen LogP contribution in [0.15, 0.2) is 36.5 Å². The maximum Gasteiger partial charge on any atom is 0.257 e. The Morgan fingerprint density at radius 2 is 1.88 bits per heavy atom. The van der Waals surface area contributed by atoms with Crippen molar-refractivity contribution in [2.24, 2.45) is 7.05 Å². The third-order valence-electron chi connectivity index (χ3n) is 4.51. The van der Waals surface area contributed by atoms with Crippen molar-refractivity contribution in [1.29, 1.82) is 0 Å². The van der Waals surface area contributed by atoms with Crippen molar-refractivity contribution in [3.63, 3.8) is 0 Å². The summed E-state index contributed by atoms with van der Waals surface area (Å²) in [6.45, 7) is 5.02. The van der Waals surface area contributed by atoms with Crippen LogP contribution in [0.2, 0.25) is 0 Å². The highest BCUT2D eigenvalue weighted by Crippen LogP contribution is 2.27. The van der Waals surface area contributed by atoms with Crippen LogP contribution >= 0.6 is 0 Å². The van der Waals surface area contributed by atoms with Crippen molar-refractivity contribution in [3.05, 3.63) is 53.3 Å². The number of amides is 2. The van der Waals surface area contributed by atoms with Gasteiger partial charge in [-0.25, -0.2) is 0 Å².